The molecule has 0 saturated carbocycles. The van der Waals surface area contributed by atoms with Gasteiger partial charge in [0.1, 0.15) is 18.5 Å². The van der Waals surface area contributed by atoms with Crippen molar-refractivity contribution in [1.29, 1.82) is 0 Å². The van der Waals surface area contributed by atoms with Gasteiger partial charge in [0.15, 0.2) is 0 Å². The van der Waals surface area contributed by atoms with Crippen molar-refractivity contribution in [2.45, 2.75) is 38.2 Å². The molecular weight excluding hydrogens is 320 g/mol. The first-order valence-corrected chi connectivity index (χ1v) is 9.12. The fourth-order valence-corrected chi connectivity index (χ4v) is 3.43. The topological polar surface area (TPSA) is 70.1 Å². The van der Waals surface area contributed by atoms with Crippen LogP contribution < -0.4 is 4.74 Å². The molecule has 2 aliphatic rings. The molecule has 1 N–H and O–H groups in total. The summed E-state index contributed by atoms with van der Waals surface area (Å²) in [4.78, 5) is 27.9. The molecule has 136 valence electrons. The number of carbonyl (C=O) groups excluding carboxylic acids is 2. The van der Waals surface area contributed by atoms with Crippen LogP contribution in [0.4, 0.5) is 0 Å². The van der Waals surface area contributed by atoms with E-state index in [2.05, 4.69) is 0 Å². The zero-order valence-electron chi connectivity index (χ0n) is 14.5. The van der Waals surface area contributed by atoms with Gasteiger partial charge in [-0.2, -0.15) is 0 Å². The lowest BCUT2D eigenvalue weighted by Gasteiger charge is -2.27. The smallest absolute Gasteiger partial charge is 0.257 e. The Balaban J connectivity index is 1.58. The average molecular weight is 346 g/mol. The summed E-state index contributed by atoms with van der Waals surface area (Å²) >= 11 is 0. The van der Waals surface area contributed by atoms with E-state index >= 15 is 0 Å². The maximum Gasteiger partial charge on any atom is 0.257 e. The molecular formula is C19H26N2O4. The molecule has 6 nitrogen and oxygen atoms in total. The van der Waals surface area contributed by atoms with E-state index in [-0.39, 0.29) is 25.0 Å². The largest absolute Gasteiger partial charge is 0.490 e. The number of piperidine rings is 1. The molecule has 2 aliphatic heterocycles. The minimum absolute atomic E-state index is 0.0143. The molecule has 1 aromatic rings. The van der Waals surface area contributed by atoms with Crippen LogP contribution in [0.25, 0.3) is 0 Å². The second-order valence-corrected chi connectivity index (χ2v) is 6.76. The van der Waals surface area contributed by atoms with Crippen LogP contribution in [0.15, 0.2) is 24.3 Å². The second-order valence-electron chi connectivity index (χ2n) is 6.76. The Morgan fingerprint density at radius 1 is 1.12 bits per heavy atom. The maximum absolute atomic E-state index is 12.7. The molecule has 3 rings (SSSR count). The van der Waals surface area contributed by atoms with Gasteiger partial charge in [0.25, 0.3) is 5.91 Å². The number of ether oxygens (including phenoxy) is 1. The van der Waals surface area contributed by atoms with Crippen molar-refractivity contribution < 1.29 is 19.4 Å². The number of hydrogen-bond acceptors (Lipinski definition) is 4. The van der Waals surface area contributed by atoms with Gasteiger partial charge in [0.2, 0.25) is 5.91 Å². The van der Waals surface area contributed by atoms with E-state index in [4.69, 9.17) is 4.74 Å². The number of β-amino-alcohol motifs (C(OH)–C–C–N with tert-alkyl or cyclic N) is 1. The third-order valence-electron chi connectivity index (χ3n) is 4.79. The molecule has 6 heteroatoms. The van der Waals surface area contributed by atoms with Gasteiger partial charge < -0.3 is 19.6 Å². The standard InChI is InChI=1S/C19H26N2O4/c22-15(13-21-12-6-9-18(21)23)14-25-17-8-3-2-7-16(17)19(24)20-10-4-1-5-11-20/h2-3,7-8,15,22H,1,4-6,9-14H2. The highest BCUT2D eigenvalue weighted by atomic mass is 16.5. The molecule has 0 bridgehead atoms. The van der Waals surface area contributed by atoms with Crippen LogP contribution >= 0.6 is 0 Å². The second kappa shape index (κ2) is 8.34. The Bertz CT molecular complexity index is 613. The number of aliphatic hydroxyl groups is 1. The van der Waals surface area contributed by atoms with Crippen molar-refractivity contribution >= 4 is 11.8 Å². The minimum Gasteiger partial charge on any atom is -0.490 e. The number of aliphatic hydroxyl groups excluding tert-OH is 1. The molecule has 1 unspecified atom stereocenters. The summed E-state index contributed by atoms with van der Waals surface area (Å²) in [7, 11) is 0. The van der Waals surface area contributed by atoms with E-state index in [1.807, 2.05) is 17.0 Å². The predicted octanol–water partition coefficient (Wildman–Crippen LogP) is 1.67. The van der Waals surface area contributed by atoms with Crippen LogP contribution in [0.2, 0.25) is 0 Å². The summed E-state index contributed by atoms with van der Waals surface area (Å²) < 4.78 is 5.72. The Labute approximate surface area is 148 Å². The molecule has 1 aromatic carbocycles. The number of carbonyl (C=O) groups is 2. The van der Waals surface area contributed by atoms with Gasteiger partial charge in [-0.25, -0.2) is 0 Å². The van der Waals surface area contributed by atoms with E-state index in [1.54, 1.807) is 17.0 Å². The molecule has 2 fully saturated rings. The van der Waals surface area contributed by atoms with E-state index in [9.17, 15) is 14.7 Å². The summed E-state index contributed by atoms with van der Waals surface area (Å²) in [6, 6.07) is 7.16. The fourth-order valence-electron chi connectivity index (χ4n) is 3.43. The van der Waals surface area contributed by atoms with Gasteiger partial charge >= 0.3 is 0 Å². The number of hydrogen-bond donors (Lipinski definition) is 1. The molecule has 0 radical (unpaired) electrons. The zero-order chi connectivity index (χ0) is 17.6. The molecule has 1 atom stereocenters. The van der Waals surface area contributed by atoms with Gasteiger partial charge in [-0.1, -0.05) is 12.1 Å². The summed E-state index contributed by atoms with van der Waals surface area (Å²) in [6.45, 7) is 2.61. The average Bonchev–Trinajstić information content (AvgIpc) is 3.05. The van der Waals surface area contributed by atoms with Gasteiger partial charge in [0, 0.05) is 32.6 Å². The van der Waals surface area contributed by atoms with Crippen molar-refractivity contribution in [2.24, 2.45) is 0 Å². The maximum atomic E-state index is 12.7. The molecule has 0 aromatic heterocycles. The lowest BCUT2D eigenvalue weighted by atomic mass is 10.1. The van der Waals surface area contributed by atoms with Gasteiger partial charge in [0.05, 0.1) is 5.56 Å². The van der Waals surface area contributed by atoms with E-state index < -0.39 is 6.10 Å². The summed E-state index contributed by atoms with van der Waals surface area (Å²) in [5, 5.41) is 10.2. The monoisotopic (exact) mass is 346 g/mol. The molecule has 0 spiro atoms. The normalized spacial score (nSPS) is 19.2. The van der Waals surface area contributed by atoms with Crippen molar-refractivity contribution in [1.82, 2.24) is 9.80 Å². The fraction of sp³-hybridized carbons (Fsp3) is 0.579. The lowest BCUT2D eigenvalue weighted by molar-refractivity contribution is -0.129. The first-order chi connectivity index (χ1) is 12.1. The van der Waals surface area contributed by atoms with E-state index in [1.165, 1.54) is 6.42 Å². The molecule has 2 saturated heterocycles. The Kier molecular flexibility index (Phi) is 5.91. The highest BCUT2D eigenvalue weighted by molar-refractivity contribution is 5.97. The van der Waals surface area contributed by atoms with Crippen molar-refractivity contribution in [3.8, 4) is 5.75 Å². The Morgan fingerprint density at radius 2 is 1.88 bits per heavy atom. The number of benzene rings is 1. The third-order valence-corrected chi connectivity index (χ3v) is 4.79. The number of amides is 2. The van der Waals surface area contributed by atoms with Crippen LogP contribution in [0.1, 0.15) is 42.5 Å². The van der Waals surface area contributed by atoms with Crippen molar-refractivity contribution in [3.63, 3.8) is 0 Å². The van der Waals surface area contributed by atoms with Gasteiger partial charge in [-0.3, -0.25) is 9.59 Å². The Hall–Kier alpha value is -2.08. The molecule has 0 aliphatic carbocycles. The van der Waals surface area contributed by atoms with Crippen molar-refractivity contribution in [2.75, 3.05) is 32.8 Å². The number of para-hydroxylation sites is 1. The first kappa shape index (κ1) is 17.7. The van der Waals surface area contributed by atoms with E-state index in [0.29, 0.717) is 24.3 Å². The first-order valence-electron chi connectivity index (χ1n) is 9.12. The van der Waals surface area contributed by atoms with Crippen LogP contribution in [0, 0.1) is 0 Å². The van der Waals surface area contributed by atoms with Gasteiger partial charge in [-0.15, -0.1) is 0 Å². The highest BCUT2D eigenvalue weighted by Crippen LogP contribution is 2.22. The molecule has 2 heterocycles. The summed E-state index contributed by atoms with van der Waals surface area (Å²) in [5.41, 5.74) is 0.536. The third kappa shape index (κ3) is 4.51. The zero-order valence-corrected chi connectivity index (χ0v) is 14.5. The number of rotatable bonds is 6. The summed E-state index contributed by atoms with van der Waals surface area (Å²) in [6.07, 6.45) is 3.89. The molecule has 2 amide bonds. The number of likely N-dealkylation sites (tertiary alicyclic amines) is 2. The lowest BCUT2D eigenvalue weighted by Crippen LogP contribution is -2.37. The quantitative estimate of drug-likeness (QED) is 0.851. The van der Waals surface area contributed by atoms with E-state index in [0.717, 1.165) is 32.4 Å². The summed E-state index contributed by atoms with van der Waals surface area (Å²) in [5.74, 6) is 0.559. The number of nitrogens with zero attached hydrogens (tertiary/aromatic N) is 2. The van der Waals surface area contributed by atoms with Crippen LogP contribution in [0.3, 0.4) is 0 Å². The Morgan fingerprint density at radius 3 is 2.60 bits per heavy atom. The van der Waals surface area contributed by atoms with Gasteiger partial charge in [-0.05, 0) is 37.8 Å². The van der Waals surface area contributed by atoms with Crippen LogP contribution in [-0.2, 0) is 4.79 Å². The van der Waals surface area contributed by atoms with Crippen LogP contribution in [0.5, 0.6) is 5.75 Å². The minimum atomic E-state index is -0.764. The van der Waals surface area contributed by atoms with Crippen molar-refractivity contribution in [3.05, 3.63) is 29.8 Å². The molecule has 25 heavy (non-hydrogen) atoms. The SMILES string of the molecule is O=C1CCCN1CC(O)COc1ccccc1C(=O)N1CCCCC1. The highest BCUT2D eigenvalue weighted by Gasteiger charge is 2.24. The predicted molar refractivity (Wildman–Crippen MR) is 93.5 cm³/mol. The van der Waals surface area contributed by atoms with Crippen LogP contribution in [-0.4, -0.2) is 65.6 Å².